The number of aliphatic hydroxyl groups is 1. The van der Waals surface area contributed by atoms with Crippen molar-refractivity contribution in [2.45, 2.75) is 26.1 Å². The molecule has 1 atom stereocenters. The van der Waals surface area contributed by atoms with Gasteiger partial charge in [0, 0.05) is 5.02 Å². The van der Waals surface area contributed by atoms with E-state index in [2.05, 4.69) is 0 Å². The molecule has 0 bridgehead atoms. The van der Waals surface area contributed by atoms with Gasteiger partial charge in [-0.1, -0.05) is 67.1 Å². The lowest BCUT2D eigenvalue weighted by atomic mass is 9.99. The van der Waals surface area contributed by atoms with Gasteiger partial charge in [-0.05, 0) is 35.3 Å². The zero-order valence-electron chi connectivity index (χ0n) is 12.7. The molecule has 0 saturated carbocycles. The Balaban J connectivity index is 1.91. The molecule has 0 amide bonds. The van der Waals surface area contributed by atoms with E-state index in [0.717, 1.165) is 23.1 Å². The Labute approximate surface area is 137 Å². The number of benzene rings is 2. The number of halogens is 1. The molecule has 0 heterocycles. The first-order valence-corrected chi connectivity index (χ1v) is 7.82. The summed E-state index contributed by atoms with van der Waals surface area (Å²) in [7, 11) is 0. The van der Waals surface area contributed by atoms with E-state index in [1.165, 1.54) is 0 Å². The Morgan fingerprint density at radius 2 is 1.82 bits per heavy atom. The number of hydrogen-bond donors (Lipinski definition) is 1. The second-order valence-electron chi connectivity index (χ2n) is 5.09. The summed E-state index contributed by atoms with van der Waals surface area (Å²) in [5.74, 6) is 0. The molecule has 1 N–H and O–H groups in total. The second-order valence-corrected chi connectivity index (χ2v) is 5.52. The van der Waals surface area contributed by atoms with E-state index < -0.39 is 6.10 Å². The van der Waals surface area contributed by atoms with Crippen LogP contribution in [-0.2, 0) is 11.3 Å². The number of rotatable bonds is 7. The summed E-state index contributed by atoms with van der Waals surface area (Å²) in [6.07, 6.45) is 2.13. The van der Waals surface area contributed by atoms with Crippen LogP contribution in [0.15, 0.2) is 66.2 Å². The molecule has 3 heteroatoms. The molecule has 22 heavy (non-hydrogen) atoms. The maximum Gasteiger partial charge on any atom is 0.100 e. The summed E-state index contributed by atoms with van der Waals surface area (Å²) in [4.78, 5) is 0. The van der Waals surface area contributed by atoms with Gasteiger partial charge in [0.2, 0.25) is 0 Å². The van der Waals surface area contributed by atoms with Crippen molar-refractivity contribution in [3.63, 3.8) is 0 Å². The van der Waals surface area contributed by atoms with Crippen LogP contribution in [0.4, 0.5) is 0 Å². The van der Waals surface area contributed by atoms with Gasteiger partial charge >= 0.3 is 0 Å². The van der Waals surface area contributed by atoms with E-state index in [-0.39, 0.29) is 0 Å². The van der Waals surface area contributed by atoms with Crippen molar-refractivity contribution in [3.8, 4) is 0 Å². The molecule has 2 nitrogen and oxygen atoms in total. The van der Waals surface area contributed by atoms with Crippen molar-refractivity contribution >= 4 is 11.6 Å². The summed E-state index contributed by atoms with van der Waals surface area (Å²) >= 11 is 5.87. The smallest absolute Gasteiger partial charge is 0.100 e. The van der Waals surface area contributed by atoms with Gasteiger partial charge in [-0.25, -0.2) is 0 Å². The predicted molar refractivity (Wildman–Crippen MR) is 90.9 cm³/mol. The van der Waals surface area contributed by atoms with Crippen LogP contribution in [0.2, 0.25) is 5.02 Å². The number of ether oxygens (including phenoxy) is 1. The van der Waals surface area contributed by atoms with E-state index in [4.69, 9.17) is 16.3 Å². The highest BCUT2D eigenvalue weighted by Gasteiger charge is 2.11. The van der Waals surface area contributed by atoms with Gasteiger partial charge in [0.1, 0.15) is 6.10 Å². The van der Waals surface area contributed by atoms with Gasteiger partial charge < -0.3 is 9.84 Å². The van der Waals surface area contributed by atoms with Crippen molar-refractivity contribution in [2.75, 3.05) is 6.61 Å². The van der Waals surface area contributed by atoms with Crippen molar-refractivity contribution in [1.29, 1.82) is 0 Å². The minimum absolute atomic E-state index is 0.489. The Morgan fingerprint density at radius 3 is 2.45 bits per heavy atom. The highest BCUT2D eigenvalue weighted by molar-refractivity contribution is 6.30. The van der Waals surface area contributed by atoms with E-state index in [0.29, 0.717) is 18.2 Å². The minimum atomic E-state index is -0.609. The molecule has 2 aromatic rings. The summed E-state index contributed by atoms with van der Waals surface area (Å²) in [6.45, 7) is 3.09. The van der Waals surface area contributed by atoms with Crippen molar-refractivity contribution < 1.29 is 9.84 Å². The van der Waals surface area contributed by atoms with Crippen LogP contribution in [0.5, 0.6) is 0 Å². The van der Waals surface area contributed by atoms with E-state index in [1.54, 1.807) is 12.1 Å². The van der Waals surface area contributed by atoms with Gasteiger partial charge in [-0.2, -0.15) is 0 Å². The first-order chi connectivity index (χ1) is 10.7. The lowest BCUT2D eigenvalue weighted by Gasteiger charge is -2.14. The molecule has 0 aliphatic rings. The van der Waals surface area contributed by atoms with Crippen LogP contribution in [0.25, 0.3) is 0 Å². The maximum atomic E-state index is 10.4. The molecule has 116 valence electrons. The highest BCUT2D eigenvalue weighted by Crippen LogP contribution is 2.25. The summed E-state index contributed by atoms with van der Waals surface area (Å²) in [6, 6.07) is 17.3. The van der Waals surface area contributed by atoms with E-state index >= 15 is 0 Å². The van der Waals surface area contributed by atoms with Crippen LogP contribution < -0.4 is 0 Å². The standard InChI is InChI=1S/C19H21ClO2/c1-2-16(19(21)17-8-10-18(20)11-9-17)12-13-22-14-15-6-4-3-5-7-15/h3-12,19,21H,2,13-14H2,1H3/b16-12-. The third kappa shape index (κ3) is 4.99. The quantitative estimate of drug-likeness (QED) is 0.580. The highest BCUT2D eigenvalue weighted by atomic mass is 35.5. The molecule has 0 saturated heterocycles. The third-order valence-corrected chi connectivity index (χ3v) is 3.77. The lowest BCUT2D eigenvalue weighted by Crippen LogP contribution is -2.03. The average molecular weight is 317 g/mol. The fourth-order valence-electron chi connectivity index (χ4n) is 2.23. The van der Waals surface area contributed by atoms with Crippen LogP contribution >= 0.6 is 11.6 Å². The molecule has 1 unspecified atom stereocenters. The Morgan fingerprint density at radius 1 is 1.14 bits per heavy atom. The van der Waals surface area contributed by atoms with Crippen molar-refractivity contribution in [1.82, 2.24) is 0 Å². The molecule has 0 aliphatic carbocycles. The van der Waals surface area contributed by atoms with Crippen molar-refractivity contribution in [2.24, 2.45) is 0 Å². The fraction of sp³-hybridized carbons (Fsp3) is 0.263. The molecule has 0 aromatic heterocycles. The number of hydrogen-bond acceptors (Lipinski definition) is 2. The van der Waals surface area contributed by atoms with E-state index in [9.17, 15) is 5.11 Å². The SMILES string of the molecule is CC/C(=C/COCc1ccccc1)C(O)c1ccc(Cl)cc1. The van der Waals surface area contributed by atoms with Gasteiger partial charge in [-0.3, -0.25) is 0 Å². The van der Waals surface area contributed by atoms with E-state index in [1.807, 2.05) is 55.5 Å². The topological polar surface area (TPSA) is 29.5 Å². The molecule has 0 fully saturated rings. The Bertz CT molecular complexity index is 591. The first kappa shape index (κ1) is 16.8. The summed E-state index contributed by atoms with van der Waals surface area (Å²) < 4.78 is 5.65. The third-order valence-electron chi connectivity index (χ3n) is 3.52. The fourth-order valence-corrected chi connectivity index (χ4v) is 2.35. The zero-order chi connectivity index (χ0) is 15.8. The van der Waals surface area contributed by atoms with Crippen molar-refractivity contribution in [3.05, 3.63) is 82.4 Å². The first-order valence-electron chi connectivity index (χ1n) is 7.45. The van der Waals surface area contributed by atoms with Gasteiger partial charge in [0.25, 0.3) is 0 Å². The lowest BCUT2D eigenvalue weighted by molar-refractivity contribution is 0.145. The molecule has 0 radical (unpaired) electrons. The molecular weight excluding hydrogens is 296 g/mol. The molecule has 0 aliphatic heterocycles. The van der Waals surface area contributed by atoms with Crippen LogP contribution in [0, 0.1) is 0 Å². The van der Waals surface area contributed by atoms with Crippen LogP contribution in [0.1, 0.15) is 30.6 Å². The molecule has 0 spiro atoms. The Kier molecular flexibility index (Phi) is 6.66. The predicted octanol–water partition coefficient (Wildman–Crippen LogP) is 4.93. The normalized spacial score (nSPS) is 13.1. The molecule has 2 rings (SSSR count). The van der Waals surface area contributed by atoms with Gasteiger partial charge in [-0.15, -0.1) is 0 Å². The van der Waals surface area contributed by atoms with Gasteiger partial charge in [0.15, 0.2) is 0 Å². The van der Waals surface area contributed by atoms with Gasteiger partial charge in [0.05, 0.1) is 13.2 Å². The van der Waals surface area contributed by atoms with Crippen LogP contribution in [-0.4, -0.2) is 11.7 Å². The maximum absolute atomic E-state index is 10.4. The summed E-state index contributed by atoms with van der Waals surface area (Å²) in [5, 5.41) is 11.1. The largest absolute Gasteiger partial charge is 0.384 e. The zero-order valence-corrected chi connectivity index (χ0v) is 13.5. The molecule has 2 aromatic carbocycles. The monoisotopic (exact) mass is 316 g/mol. The van der Waals surface area contributed by atoms with Crippen LogP contribution in [0.3, 0.4) is 0 Å². The number of aliphatic hydroxyl groups excluding tert-OH is 1. The second kappa shape index (κ2) is 8.74. The Hall–Kier alpha value is -1.61. The molecular formula is C19H21ClO2. The average Bonchev–Trinajstić information content (AvgIpc) is 2.56. The summed E-state index contributed by atoms with van der Waals surface area (Å²) in [5.41, 5.74) is 2.95. The minimum Gasteiger partial charge on any atom is -0.384 e.